The third-order valence-corrected chi connectivity index (χ3v) is 8.75. The second kappa shape index (κ2) is 22.3. The highest BCUT2D eigenvalue weighted by atomic mass is 31.1. The van der Waals surface area contributed by atoms with E-state index in [9.17, 15) is 9.59 Å². The van der Waals surface area contributed by atoms with E-state index in [1.807, 2.05) is 62.4 Å². The van der Waals surface area contributed by atoms with Crippen molar-refractivity contribution in [2.75, 3.05) is 91.0 Å². The summed E-state index contributed by atoms with van der Waals surface area (Å²) >= 11 is 0. The van der Waals surface area contributed by atoms with Gasteiger partial charge in [0.05, 0.1) is 64.2 Å². The predicted octanol–water partition coefficient (Wildman–Crippen LogP) is 4.71. The highest BCUT2D eigenvalue weighted by Gasteiger charge is 2.25. The molecule has 4 rings (SSSR count). The topological polar surface area (TPSA) is 129 Å². The van der Waals surface area contributed by atoms with Gasteiger partial charge < -0.3 is 24.7 Å². The van der Waals surface area contributed by atoms with E-state index in [0.29, 0.717) is 70.7 Å². The molecule has 48 heavy (non-hydrogen) atoms. The lowest BCUT2D eigenvalue weighted by Gasteiger charge is -2.32. The molecule has 3 aromatic rings. The second-order valence-electron chi connectivity index (χ2n) is 11.0. The van der Waals surface area contributed by atoms with E-state index in [0.717, 1.165) is 50.9 Å². The van der Waals surface area contributed by atoms with Crippen LogP contribution < -0.4 is 5.73 Å². The first-order valence-electron chi connectivity index (χ1n) is 16.7. The van der Waals surface area contributed by atoms with Gasteiger partial charge in [0.2, 0.25) is 0 Å². The second-order valence-corrected chi connectivity index (χ2v) is 12.5. The summed E-state index contributed by atoms with van der Waals surface area (Å²) in [6, 6.07) is 18.6. The third kappa shape index (κ3) is 13.3. The molecule has 0 bridgehead atoms. The van der Waals surface area contributed by atoms with Crippen LogP contribution in [0.3, 0.4) is 0 Å². The van der Waals surface area contributed by atoms with Gasteiger partial charge in [0, 0.05) is 45.3 Å². The smallest absolute Gasteiger partial charge is 0.356 e. The van der Waals surface area contributed by atoms with E-state index in [4.69, 9.17) is 29.7 Å². The number of ketones is 1. The van der Waals surface area contributed by atoms with Gasteiger partial charge in [0.1, 0.15) is 11.4 Å². The van der Waals surface area contributed by atoms with Crippen LogP contribution in [0.4, 0.5) is 5.69 Å². The number of methoxy groups -OCH3 is 1. The number of Topliss-reactive ketones (excluding diaryl/α,β-unsaturated/α-hetero) is 1. The summed E-state index contributed by atoms with van der Waals surface area (Å²) in [4.78, 5) is 37.9. The van der Waals surface area contributed by atoms with E-state index < -0.39 is 5.97 Å². The van der Waals surface area contributed by atoms with Crippen LogP contribution in [-0.2, 0) is 25.5 Å². The summed E-state index contributed by atoms with van der Waals surface area (Å²) in [5.41, 5.74) is 10.1. The fraction of sp³-hybridized carbons (Fsp3) is 0.500. The van der Waals surface area contributed by atoms with Gasteiger partial charge in [-0.1, -0.05) is 38.1 Å². The number of esters is 1. The fourth-order valence-corrected chi connectivity index (χ4v) is 6.17. The summed E-state index contributed by atoms with van der Waals surface area (Å²) in [5.74, 6) is -0.508. The van der Waals surface area contributed by atoms with E-state index in [1.54, 1.807) is 12.1 Å². The lowest BCUT2D eigenvalue weighted by Crippen LogP contribution is -2.35. The maximum atomic E-state index is 12.3. The van der Waals surface area contributed by atoms with Crippen LogP contribution in [0, 0.1) is 0 Å². The molecular formula is C36H52N5O6P. The van der Waals surface area contributed by atoms with Crippen molar-refractivity contribution in [1.82, 2.24) is 19.8 Å². The molecule has 2 unspecified atom stereocenters. The number of carbonyl (C=O) groups excluding carboxylic acids is 2. The highest BCUT2D eigenvalue weighted by molar-refractivity contribution is 7.38. The summed E-state index contributed by atoms with van der Waals surface area (Å²) in [6.07, 6.45) is 1.96. The Kier molecular flexibility index (Phi) is 18.2. The van der Waals surface area contributed by atoms with Gasteiger partial charge in [-0.05, 0) is 54.3 Å². The Balaban J connectivity index is 0.00000307. The summed E-state index contributed by atoms with van der Waals surface area (Å²) in [7, 11) is 2.08. The monoisotopic (exact) mass is 681 g/mol. The van der Waals surface area contributed by atoms with Crippen LogP contribution in [0.5, 0.6) is 0 Å². The Bertz CT molecular complexity index is 1360. The number of aromatic nitrogens is 2. The van der Waals surface area contributed by atoms with Crippen molar-refractivity contribution >= 4 is 26.0 Å². The Morgan fingerprint density at radius 2 is 1.46 bits per heavy atom. The summed E-state index contributed by atoms with van der Waals surface area (Å²) in [6.45, 7) is 12.4. The molecule has 2 N–H and O–H groups in total. The van der Waals surface area contributed by atoms with Crippen LogP contribution in [0.25, 0.3) is 0 Å². The van der Waals surface area contributed by atoms with Crippen molar-refractivity contribution in [1.29, 1.82) is 0 Å². The minimum atomic E-state index is -0.468. The van der Waals surface area contributed by atoms with Gasteiger partial charge in [-0.2, -0.15) is 0 Å². The molecule has 1 aromatic carbocycles. The SMILES string of the molecule is CC.COC(=O)c1cccc(C(c2ccc(N)cc2)N2CCOCCOCCN(Cc3cccc(C(C)=O)n3)CCOCCPCC2)n1. The largest absolute Gasteiger partial charge is 0.464 e. The Morgan fingerprint density at radius 1 is 0.812 bits per heavy atom. The van der Waals surface area contributed by atoms with Gasteiger partial charge in [-0.15, -0.1) is 8.58 Å². The first-order chi connectivity index (χ1) is 23.4. The van der Waals surface area contributed by atoms with Gasteiger partial charge in [-0.3, -0.25) is 14.6 Å². The average molecular weight is 682 g/mol. The maximum Gasteiger partial charge on any atom is 0.356 e. The zero-order valence-corrected chi connectivity index (χ0v) is 29.9. The molecule has 1 saturated heterocycles. The first kappa shape index (κ1) is 39.1. The number of hydrogen-bond acceptors (Lipinski definition) is 11. The molecule has 2 aromatic heterocycles. The number of nitrogen functional groups attached to an aromatic ring is 1. The van der Waals surface area contributed by atoms with Crippen molar-refractivity contribution in [3.05, 3.63) is 89.0 Å². The number of rotatable bonds is 7. The number of ether oxygens (including phenoxy) is 4. The van der Waals surface area contributed by atoms with Gasteiger partial charge in [0.15, 0.2) is 5.78 Å². The average Bonchev–Trinajstić information content (AvgIpc) is 3.11. The Labute approximate surface area is 287 Å². The number of benzene rings is 1. The molecular weight excluding hydrogens is 629 g/mol. The number of nitrogens with two attached hydrogens (primary N) is 1. The number of nitrogens with zero attached hydrogens (tertiary/aromatic N) is 4. The van der Waals surface area contributed by atoms with Crippen LogP contribution in [0.2, 0.25) is 0 Å². The van der Waals surface area contributed by atoms with Gasteiger partial charge >= 0.3 is 5.97 Å². The zero-order valence-electron chi connectivity index (χ0n) is 28.9. The molecule has 1 aliphatic rings. The van der Waals surface area contributed by atoms with Crippen molar-refractivity contribution < 1.29 is 28.5 Å². The minimum Gasteiger partial charge on any atom is -0.464 e. The molecule has 12 heteroatoms. The van der Waals surface area contributed by atoms with Crippen LogP contribution in [0.15, 0.2) is 60.7 Å². The predicted molar refractivity (Wildman–Crippen MR) is 191 cm³/mol. The number of pyridine rings is 2. The number of anilines is 1. The summed E-state index contributed by atoms with van der Waals surface area (Å²) in [5, 5.41) is 0. The van der Waals surface area contributed by atoms with Crippen LogP contribution in [-0.4, -0.2) is 117 Å². The molecule has 0 spiro atoms. The van der Waals surface area contributed by atoms with E-state index in [2.05, 4.69) is 14.8 Å². The molecule has 0 aliphatic carbocycles. The minimum absolute atomic E-state index is 0.0395. The molecule has 0 radical (unpaired) electrons. The van der Waals surface area contributed by atoms with Crippen LogP contribution >= 0.6 is 8.58 Å². The Morgan fingerprint density at radius 3 is 2.15 bits per heavy atom. The standard InChI is InChI=1S/C34H46N5O6P.C2H6/c1-26(40)30-6-3-5-29(36-30)25-38-13-17-43-20-21-44-19-15-39(16-23-46-24-22-45-18-14-38)33(27-9-11-28(35)12-10-27)31-7-4-8-32(37-31)34(41)42-2;1-2/h3-12,33,46H,13-25,35H2,1-2H3;1-2H3. The van der Waals surface area contributed by atoms with E-state index >= 15 is 0 Å². The molecule has 1 fully saturated rings. The molecule has 1 aliphatic heterocycles. The maximum absolute atomic E-state index is 12.3. The fourth-order valence-electron chi connectivity index (χ4n) is 5.19. The lowest BCUT2D eigenvalue weighted by molar-refractivity contribution is 0.0247. The van der Waals surface area contributed by atoms with Crippen molar-refractivity contribution in [2.24, 2.45) is 0 Å². The number of carbonyl (C=O) groups is 2. The van der Waals surface area contributed by atoms with Gasteiger partial charge in [0.25, 0.3) is 0 Å². The quantitative estimate of drug-likeness (QED) is 0.161. The van der Waals surface area contributed by atoms with Crippen molar-refractivity contribution in [3.8, 4) is 0 Å². The van der Waals surface area contributed by atoms with Crippen LogP contribution in [0.1, 0.15) is 64.7 Å². The molecule has 0 saturated carbocycles. The third-order valence-electron chi connectivity index (χ3n) is 7.61. The van der Waals surface area contributed by atoms with Gasteiger partial charge in [-0.25, -0.2) is 14.8 Å². The molecule has 11 nitrogen and oxygen atoms in total. The normalized spacial score (nSPS) is 17.7. The zero-order chi connectivity index (χ0) is 34.6. The Hall–Kier alpha value is -3.31. The summed E-state index contributed by atoms with van der Waals surface area (Å²) < 4.78 is 22.9. The van der Waals surface area contributed by atoms with Crippen molar-refractivity contribution in [2.45, 2.75) is 33.4 Å². The number of hydrogen-bond donors (Lipinski definition) is 1. The first-order valence-corrected chi connectivity index (χ1v) is 18.1. The molecule has 0 amide bonds. The highest BCUT2D eigenvalue weighted by Crippen LogP contribution is 2.29. The molecule has 2 atom stereocenters. The molecule has 262 valence electrons. The van der Waals surface area contributed by atoms with E-state index in [-0.39, 0.29) is 17.5 Å². The lowest BCUT2D eigenvalue weighted by atomic mass is 10.0. The molecule has 3 heterocycles. The van der Waals surface area contributed by atoms with Crippen molar-refractivity contribution in [3.63, 3.8) is 0 Å². The van der Waals surface area contributed by atoms with E-state index in [1.165, 1.54) is 14.0 Å².